The fourth-order valence-electron chi connectivity index (χ4n) is 0.947. The van der Waals surface area contributed by atoms with Crippen LogP contribution in [0.3, 0.4) is 0 Å². The van der Waals surface area contributed by atoms with Crippen LogP contribution in [-0.2, 0) is 0 Å². The summed E-state index contributed by atoms with van der Waals surface area (Å²) in [5.74, 6) is 0.648. The minimum absolute atomic E-state index is 0.648. The molecule has 0 saturated heterocycles. The zero-order valence-electron chi connectivity index (χ0n) is 7.77. The van der Waals surface area contributed by atoms with E-state index in [9.17, 15) is 0 Å². The summed E-state index contributed by atoms with van der Waals surface area (Å²) >= 11 is 8.19. The topological polar surface area (TPSA) is 12.0 Å². The molecule has 0 unspecified atom stereocenters. The van der Waals surface area contributed by atoms with Crippen LogP contribution in [0.4, 0.5) is 5.69 Å². The number of benzene rings is 1. The van der Waals surface area contributed by atoms with Gasteiger partial charge in [-0.2, -0.15) is 0 Å². The number of anilines is 1. The Morgan fingerprint density at radius 1 is 1.46 bits per heavy atom. The van der Waals surface area contributed by atoms with Gasteiger partial charge in [-0.25, -0.2) is 0 Å². The first-order valence-corrected chi connectivity index (χ1v) is 5.74. The molecule has 0 radical (unpaired) electrons. The molecule has 0 aromatic heterocycles. The molecule has 72 valence electrons. The van der Waals surface area contributed by atoms with Gasteiger partial charge in [-0.15, -0.1) is 0 Å². The Bertz CT molecular complexity index is 286. The van der Waals surface area contributed by atoms with E-state index in [1.54, 1.807) is 0 Å². The summed E-state index contributed by atoms with van der Waals surface area (Å²) in [4.78, 5) is 0. The van der Waals surface area contributed by atoms with Crippen LogP contribution >= 0.6 is 34.2 Å². The van der Waals surface area contributed by atoms with Crippen molar-refractivity contribution >= 4 is 39.9 Å². The molecule has 13 heavy (non-hydrogen) atoms. The first-order chi connectivity index (χ1) is 6.09. The molecule has 0 aliphatic rings. The lowest BCUT2D eigenvalue weighted by Crippen LogP contribution is -2.08. The summed E-state index contributed by atoms with van der Waals surface area (Å²) in [5, 5.41) is 4.15. The van der Waals surface area contributed by atoms with Crippen molar-refractivity contribution < 1.29 is 0 Å². The number of nitrogens with one attached hydrogen (secondary N) is 1. The van der Waals surface area contributed by atoms with Gasteiger partial charge in [0.15, 0.2) is 0 Å². The average Bonchev–Trinajstić information content (AvgIpc) is 2.06. The van der Waals surface area contributed by atoms with E-state index in [0.717, 1.165) is 17.3 Å². The lowest BCUT2D eigenvalue weighted by Gasteiger charge is -2.10. The lowest BCUT2D eigenvalue weighted by molar-refractivity contribution is 0.688. The van der Waals surface area contributed by atoms with E-state index in [-0.39, 0.29) is 0 Å². The molecule has 0 aliphatic heterocycles. The van der Waals surface area contributed by atoms with E-state index < -0.39 is 0 Å². The van der Waals surface area contributed by atoms with Gasteiger partial charge in [0.05, 0.1) is 0 Å². The van der Waals surface area contributed by atoms with Crippen molar-refractivity contribution in [3.8, 4) is 0 Å². The fourth-order valence-corrected chi connectivity index (χ4v) is 1.65. The quantitative estimate of drug-likeness (QED) is 0.832. The second-order valence-electron chi connectivity index (χ2n) is 3.40. The van der Waals surface area contributed by atoms with Crippen molar-refractivity contribution in [3.05, 3.63) is 26.8 Å². The highest BCUT2D eigenvalue weighted by Gasteiger charge is 2.00. The molecule has 0 atom stereocenters. The van der Waals surface area contributed by atoms with Crippen molar-refractivity contribution in [2.24, 2.45) is 5.92 Å². The molecule has 0 heterocycles. The molecule has 3 heteroatoms. The third kappa shape index (κ3) is 3.73. The maximum atomic E-state index is 5.89. The van der Waals surface area contributed by atoms with Gasteiger partial charge in [0.1, 0.15) is 0 Å². The maximum Gasteiger partial charge on any atom is 0.0490 e. The van der Waals surface area contributed by atoms with Gasteiger partial charge < -0.3 is 5.32 Å². The predicted molar refractivity (Wildman–Crippen MR) is 67.5 cm³/mol. The van der Waals surface area contributed by atoms with Crippen LogP contribution in [0.15, 0.2) is 18.2 Å². The van der Waals surface area contributed by atoms with Crippen LogP contribution < -0.4 is 5.32 Å². The molecule has 0 saturated carbocycles. The Labute approximate surface area is 98.0 Å². The molecule has 1 rings (SSSR count). The van der Waals surface area contributed by atoms with Crippen LogP contribution in [0.25, 0.3) is 0 Å². The normalized spacial score (nSPS) is 10.5. The summed E-state index contributed by atoms with van der Waals surface area (Å²) in [6, 6.07) is 5.89. The summed E-state index contributed by atoms with van der Waals surface area (Å²) in [6.45, 7) is 5.35. The molecule has 0 aliphatic carbocycles. The van der Waals surface area contributed by atoms with E-state index in [0.29, 0.717) is 5.92 Å². The van der Waals surface area contributed by atoms with Crippen molar-refractivity contribution in [3.63, 3.8) is 0 Å². The van der Waals surface area contributed by atoms with E-state index in [4.69, 9.17) is 11.6 Å². The molecular weight excluding hydrogens is 296 g/mol. The zero-order chi connectivity index (χ0) is 9.84. The Morgan fingerprint density at radius 2 is 2.15 bits per heavy atom. The lowest BCUT2D eigenvalue weighted by atomic mass is 10.2. The SMILES string of the molecule is CC(C)CNc1cc(Cl)ccc1I. The summed E-state index contributed by atoms with van der Waals surface area (Å²) in [7, 11) is 0. The summed E-state index contributed by atoms with van der Waals surface area (Å²) in [6.07, 6.45) is 0. The van der Waals surface area contributed by atoms with E-state index >= 15 is 0 Å². The number of hydrogen-bond donors (Lipinski definition) is 1. The average molecular weight is 310 g/mol. The standard InChI is InChI=1S/C10H13ClIN/c1-7(2)6-13-10-5-8(11)3-4-9(10)12/h3-5,7,13H,6H2,1-2H3. The van der Waals surface area contributed by atoms with Crippen LogP contribution in [0.5, 0.6) is 0 Å². The highest BCUT2D eigenvalue weighted by atomic mass is 127. The van der Waals surface area contributed by atoms with E-state index in [2.05, 4.69) is 41.8 Å². The monoisotopic (exact) mass is 309 g/mol. The second-order valence-corrected chi connectivity index (χ2v) is 5.00. The molecule has 1 N–H and O–H groups in total. The first-order valence-electron chi connectivity index (χ1n) is 4.28. The van der Waals surface area contributed by atoms with E-state index in [1.165, 1.54) is 3.57 Å². The van der Waals surface area contributed by atoms with Crippen molar-refractivity contribution in [2.45, 2.75) is 13.8 Å². The van der Waals surface area contributed by atoms with Gasteiger partial charge in [-0.05, 0) is 46.7 Å². The number of halogens is 2. The second kappa shape index (κ2) is 5.05. The van der Waals surface area contributed by atoms with Gasteiger partial charge in [0.25, 0.3) is 0 Å². The Kier molecular flexibility index (Phi) is 4.32. The largest absolute Gasteiger partial charge is 0.384 e. The van der Waals surface area contributed by atoms with Gasteiger partial charge in [-0.3, -0.25) is 0 Å². The van der Waals surface area contributed by atoms with Crippen LogP contribution in [-0.4, -0.2) is 6.54 Å². The minimum atomic E-state index is 0.648. The van der Waals surface area contributed by atoms with Gasteiger partial charge in [0.2, 0.25) is 0 Å². The van der Waals surface area contributed by atoms with Crippen LogP contribution in [0.1, 0.15) is 13.8 Å². The summed E-state index contributed by atoms with van der Waals surface area (Å²) in [5.41, 5.74) is 1.13. The van der Waals surface area contributed by atoms with Crippen LogP contribution in [0.2, 0.25) is 5.02 Å². The van der Waals surface area contributed by atoms with Gasteiger partial charge in [-0.1, -0.05) is 25.4 Å². The van der Waals surface area contributed by atoms with Crippen LogP contribution in [0, 0.1) is 9.49 Å². The minimum Gasteiger partial charge on any atom is -0.384 e. The first kappa shape index (κ1) is 11.1. The Hall–Kier alpha value is 0.0400. The van der Waals surface area contributed by atoms with Gasteiger partial charge in [0, 0.05) is 20.8 Å². The Balaban J connectivity index is 2.70. The van der Waals surface area contributed by atoms with Gasteiger partial charge >= 0.3 is 0 Å². The third-order valence-corrected chi connectivity index (χ3v) is 2.80. The zero-order valence-corrected chi connectivity index (χ0v) is 10.7. The number of hydrogen-bond acceptors (Lipinski definition) is 1. The fraction of sp³-hybridized carbons (Fsp3) is 0.400. The molecule has 1 aromatic carbocycles. The smallest absolute Gasteiger partial charge is 0.0490 e. The summed E-state index contributed by atoms with van der Waals surface area (Å²) < 4.78 is 1.21. The van der Waals surface area contributed by atoms with Crippen molar-refractivity contribution in [1.82, 2.24) is 0 Å². The molecule has 0 spiro atoms. The molecular formula is C10H13ClIN. The highest BCUT2D eigenvalue weighted by molar-refractivity contribution is 14.1. The maximum absolute atomic E-state index is 5.89. The highest BCUT2D eigenvalue weighted by Crippen LogP contribution is 2.22. The molecule has 0 amide bonds. The van der Waals surface area contributed by atoms with Crippen molar-refractivity contribution in [1.29, 1.82) is 0 Å². The molecule has 0 fully saturated rings. The predicted octanol–water partition coefficient (Wildman–Crippen LogP) is 4.01. The third-order valence-electron chi connectivity index (χ3n) is 1.63. The molecule has 0 bridgehead atoms. The van der Waals surface area contributed by atoms with Crippen molar-refractivity contribution in [2.75, 3.05) is 11.9 Å². The Morgan fingerprint density at radius 3 is 2.77 bits per heavy atom. The molecule has 1 nitrogen and oxygen atoms in total. The van der Waals surface area contributed by atoms with E-state index in [1.807, 2.05) is 18.2 Å². The molecule has 1 aromatic rings. The number of rotatable bonds is 3.